The molecule has 0 N–H and O–H groups in total. The van der Waals surface area contributed by atoms with Gasteiger partial charge in [-0.3, -0.25) is 9.59 Å². The van der Waals surface area contributed by atoms with Gasteiger partial charge in [0.05, 0.1) is 0 Å². The second kappa shape index (κ2) is 6.94. The molecule has 4 heteroatoms. The molecule has 1 saturated heterocycles. The number of fused-ring (bicyclic) bond motifs is 1. The number of carbonyl (C=O) groups is 2. The van der Waals surface area contributed by atoms with Crippen LogP contribution in [0.25, 0.3) is 0 Å². The second-order valence-corrected chi connectivity index (χ2v) is 7.45. The molecule has 4 nitrogen and oxygen atoms in total. The molecule has 0 radical (unpaired) electrons. The molecule has 0 aliphatic carbocycles. The van der Waals surface area contributed by atoms with E-state index in [1.165, 1.54) is 5.56 Å². The van der Waals surface area contributed by atoms with E-state index in [1.807, 2.05) is 53.4 Å². The fourth-order valence-electron chi connectivity index (χ4n) is 4.15. The first kappa shape index (κ1) is 16.8. The van der Waals surface area contributed by atoms with Crippen LogP contribution in [0.3, 0.4) is 0 Å². The first-order valence-corrected chi connectivity index (χ1v) is 9.36. The van der Waals surface area contributed by atoms with E-state index in [1.54, 1.807) is 4.90 Å². The predicted octanol–water partition coefficient (Wildman–Crippen LogP) is 3.40. The van der Waals surface area contributed by atoms with E-state index >= 15 is 0 Å². The molecule has 2 unspecified atom stereocenters. The molecule has 2 aliphatic rings. The van der Waals surface area contributed by atoms with Gasteiger partial charge in [0.25, 0.3) is 0 Å². The van der Waals surface area contributed by atoms with Crippen molar-refractivity contribution in [3.8, 4) is 0 Å². The Hall–Kier alpha value is -2.62. The van der Waals surface area contributed by atoms with Crippen molar-refractivity contribution >= 4 is 17.5 Å². The highest BCUT2D eigenvalue weighted by Gasteiger charge is 2.40. The summed E-state index contributed by atoms with van der Waals surface area (Å²) in [5.74, 6) is 0.560. The summed E-state index contributed by atoms with van der Waals surface area (Å²) in [5.41, 5.74) is 3.29. The summed E-state index contributed by atoms with van der Waals surface area (Å²) in [6, 6.07) is 17.7. The van der Waals surface area contributed by atoms with Crippen LogP contribution in [0.5, 0.6) is 0 Å². The van der Waals surface area contributed by atoms with Crippen LogP contribution in [0.15, 0.2) is 54.6 Å². The molecule has 0 aromatic heterocycles. The zero-order chi connectivity index (χ0) is 18.1. The lowest BCUT2D eigenvalue weighted by Gasteiger charge is -2.36. The van der Waals surface area contributed by atoms with Crippen molar-refractivity contribution in [2.75, 3.05) is 11.4 Å². The third-order valence-corrected chi connectivity index (χ3v) is 5.42. The van der Waals surface area contributed by atoms with Crippen molar-refractivity contribution in [2.45, 2.75) is 38.8 Å². The maximum atomic E-state index is 13.4. The van der Waals surface area contributed by atoms with Crippen molar-refractivity contribution in [3.63, 3.8) is 0 Å². The van der Waals surface area contributed by atoms with Gasteiger partial charge in [0.1, 0.15) is 6.04 Å². The topological polar surface area (TPSA) is 40.6 Å². The summed E-state index contributed by atoms with van der Waals surface area (Å²) < 4.78 is 0. The normalized spacial score (nSPS) is 22.4. The van der Waals surface area contributed by atoms with Crippen LogP contribution in [-0.4, -0.2) is 29.3 Å². The molecule has 2 amide bonds. The number of anilines is 1. The number of rotatable bonds is 3. The van der Waals surface area contributed by atoms with Gasteiger partial charge in [0.15, 0.2) is 0 Å². The molecule has 26 heavy (non-hydrogen) atoms. The minimum Gasteiger partial charge on any atom is -0.326 e. The molecule has 0 bridgehead atoms. The van der Waals surface area contributed by atoms with E-state index in [9.17, 15) is 9.59 Å². The Morgan fingerprint density at radius 1 is 1.08 bits per heavy atom. The number of hydrogen-bond donors (Lipinski definition) is 0. The molecule has 2 aromatic carbocycles. The summed E-state index contributed by atoms with van der Waals surface area (Å²) in [6.07, 6.45) is 2.06. The first-order valence-electron chi connectivity index (χ1n) is 9.36. The second-order valence-electron chi connectivity index (χ2n) is 7.45. The molecule has 2 atom stereocenters. The fourth-order valence-corrected chi connectivity index (χ4v) is 4.15. The molecular weight excluding hydrogens is 324 g/mol. The smallest absolute Gasteiger partial charge is 0.249 e. The molecule has 4 rings (SSSR count). The summed E-state index contributed by atoms with van der Waals surface area (Å²) in [5, 5.41) is 0. The lowest BCUT2D eigenvalue weighted by molar-refractivity contribution is -0.134. The van der Waals surface area contributed by atoms with Crippen LogP contribution < -0.4 is 4.90 Å². The lowest BCUT2D eigenvalue weighted by atomic mass is 9.93. The van der Waals surface area contributed by atoms with Crippen LogP contribution in [0.1, 0.15) is 30.9 Å². The van der Waals surface area contributed by atoms with Gasteiger partial charge >= 0.3 is 0 Å². The van der Waals surface area contributed by atoms with Crippen molar-refractivity contribution < 1.29 is 9.59 Å². The van der Waals surface area contributed by atoms with Gasteiger partial charge in [-0.15, -0.1) is 0 Å². The van der Waals surface area contributed by atoms with Gasteiger partial charge in [-0.2, -0.15) is 0 Å². The number of para-hydroxylation sites is 1. The lowest BCUT2D eigenvalue weighted by Crippen LogP contribution is -2.49. The summed E-state index contributed by atoms with van der Waals surface area (Å²) in [4.78, 5) is 29.5. The van der Waals surface area contributed by atoms with E-state index in [2.05, 4.69) is 13.0 Å². The quantitative estimate of drug-likeness (QED) is 0.853. The van der Waals surface area contributed by atoms with Crippen molar-refractivity contribution in [2.24, 2.45) is 5.92 Å². The Morgan fingerprint density at radius 2 is 1.81 bits per heavy atom. The maximum Gasteiger partial charge on any atom is 0.249 e. The number of amides is 2. The zero-order valence-corrected chi connectivity index (χ0v) is 15.1. The number of hydrogen-bond acceptors (Lipinski definition) is 2. The van der Waals surface area contributed by atoms with Crippen molar-refractivity contribution in [3.05, 3.63) is 65.7 Å². The zero-order valence-electron chi connectivity index (χ0n) is 15.1. The highest BCUT2D eigenvalue weighted by molar-refractivity contribution is 6.01. The van der Waals surface area contributed by atoms with Crippen LogP contribution >= 0.6 is 0 Å². The van der Waals surface area contributed by atoms with Crippen LogP contribution in [0.4, 0.5) is 5.69 Å². The summed E-state index contributed by atoms with van der Waals surface area (Å²) >= 11 is 0. The van der Waals surface area contributed by atoms with Crippen LogP contribution in [0, 0.1) is 5.92 Å². The van der Waals surface area contributed by atoms with Gasteiger partial charge in [0.2, 0.25) is 11.8 Å². The fraction of sp³-hybridized carbons (Fsp3) is 0.364. The van der Waals surface area contributed by atoms with E-state index in [4.69, 9.17) is 0 Å². The average Bonchev–Trinajstić information content (AvgIpc) is 3.02. The minimum absolute atomic E-state index is 0.0609. The third-order valence-electron chi connectivity index (χ3n) is 5.42. The molecule has 2 aliphatic heterocycles. The van der Waals surface area contributed by atoms with Gasteiger partial charge in [-0.05, 0) is 36.0 Å². The SMILES string of the molecule is CC1Cc2ccccc2N(C(=O)C2CCC(=O)N2Cc2ccccc2)C1. The number of nitrogens with zero attached hydrogens (tertiary/aromatic N) is 2. The van der Waals surface area contributed by atoms with Crippen LogP contribution in [0.2, 0.25) is 0 Å². The Kier molecular flexibility index (Phi) is 4.49. The largest absolute Gasteiger partial charge is 0.326 e. The molecule has 2 heterocycles. The molecule has 0 saturated carbocycles. The predicted molar refractivity (Wildman–Crippen MR) is 102 cm³/mol. The average molecular weight is 348 g/mol. The monoisotopic (exact) mass is 348 g/mol. The summed E-state index contributed by atoms with van der Waals surface area (Å²) in [6.45, 7) is 3.40. The Bertz CT molecular complexity index is 818. The Labute approximate surface area is 154 Å². The third kappa shape index (κ3) is 3.12. The standard InChI is InChI=1S/C22H24N2O2/c1-16-13-18-9-5-6-10-19(18)24(14-16)22(26)20-11-12-21(25)23(20)15-17-7-3-2-4-8-17/h2-10,16,20H,11-15H2,1H3. The van der Waals surface area contributed by atoms with Crippen molar-refractivity contribution in [1.82, 2.24) is 4.90 Å². The van der Waals surface area contributed by atoms with Gasteiger partial charge in [-0.1, -0.05) is 55.5 Å². The van der Waals surface area contributed by atoms with Crippen LogP contribution in [-0.2, 0) is 22.6 Å². The highest BCUT2D eigenvalue weighted by atomic mass is 16.2. The Balaban J connectivity index is 1.60. The highest BCUT2D eigenvalue weighted by Crippen LogP contribution is 2.32. The number of benzene rings is 2. The molecule has 0 spiro atoms. The van der Waals surface area contributed by atoms with E-state index < -0.39 is 0 Å². The molecular formula is C22H24N2O2. The van der Waals surface area contributed by atoms with Gasteiger partial charge in [0, 0.05) is 25.2 Å². The van der Waals surface area contributed by atoms with E-state index in [-0.39, 0.29) is 17.9 Å². The first-order chi connectivity index (χ1) is 12.6. The van der Waals surface area contributed by atoms with E-state index in [0.29, 0.717) is 25.3 Å². The van der Waals surface area contributed by atoms with Crippen molar-refractivity contribution in [1.29, 1.82) is 0 Å². The number of carbonyl (C=O) groups excluding carboxylic acids is 2. The molecule has 134 valence electrons. The maximum absolute atomic E-state index is 13.4. The number of likely N-dealkylation sites (tertiary alicyclic amines) is 1. The van der Waals surface area contributed by atoms with Gasteiger partial charge < -0.3 is 9.80 Å². The van der Waals surface area contributed by atoms with E-state index in [0.717, 1.165) is 24.2 Å². The summed E-state index contributed by atoms with van der Waals surface area (Å²) in [7, 11) is 0. The molecule has 1 fully saturated rings. The minimum atomic E-state index is -0.360. The van der Waals surface area contributed by atoms with Gasteiger partial charge in [-0.25, -0.2) is 0 Å². The Morgan fingerprint density at radius 3 is 2.62 bits per heavy atom. The molecule has 2 aromatic rings.